The molecule has 5 heteroatoms. The number of nitrogens with zero attached hydrogens (tertiary/aromatic N) is 3. The zero-order valence-electron chi connectivity index (χ0n) is 8.11. The van der Waals surface area contributed by atoms with E-state index in [4.69, 9.17) is 0 Å². The van der Waals surface area contributed by atoms with Crippen molar-refractivity contribution in [3.05, 3.63) is 36.7 Å². The molecule has 0 saturated carbocycles. The van der Waals surface area contributed by atoms with Crippen molar-refractivity contribution in [1.29, 1.82) is 0 Å². The Kier molecular flexibility index (Phi) is 2.53. The van der Waals surface area contributed by atoms with Crippen LogP contribution in [0, 0.1) is 5.82 Å². The Morgan fingerprint density at radius 3 is 2.80 bits per heavy atom. The molecule has 0 aliphatic carbocycles. The van der Waals surface area contributed by atoms with Crippen molar-refractivity contribution >= 4 is 5.82 Å². The maximum atomic E-state index is 13.4. The van der Waals surface area contributed by atoms with Crippen molar-refractivity contribution in [2.45, 2.75) is 0 Å². The van der Waals surface area contributed by atoms with Crippen LogP contribution >= 0.6 is 0 Å². The van der Waals surface area contributed by atoms with E-state index in [0.717, 1.165) is 6.20 Å². The van der Waals surface area contributed by atoms with Crippen molar-refractivity contribution in [3.8, 4) is 11.3 Å². The summed E-state index contributed by atoms with van der Waals surface area (Å²) in [7, 11) is 1.73. The summed E-state index contributed by atoms with van der Waals surface area (Å²) in [5.74, 6) is 0.198. The first kappa shape index (κ1) is 9.51. The van der Waals surface area contributed by atoms with Gasteiger partial charge in [0.1, 0.15) is 5.82 Å². The number of rotatable bonds is 2. The van der Waals surface area contributed by atoms with Crippen LogP contribution in [0.3, 0.4) is 0 Å². The van der Waals surface area contributed by atoms with Gasteiger partial charge in [-0.1, -0.05) is 0 Å². The predicted octanol–water partition coefficient (Wildman–Crippen LogP) is 1.72. The molecule has 2 aromatic rings. The summed E-state index contributed by atoms with van der Waals surface area (Å²) < 4.78 is 13.4. The second kappa shape index (κ2) is 4.00. The maximum absolute atomic E-state index is 13.4. The van der Waals surface area contributed by atoms with Gasteiger partial charge in [0.15, 0.2) is 5.82 Å². The number of pyridine rings is 1. The molecular formula is C10H9FN4. The number of aromatic nitrogens is 3. The third kappa shape index (κ3) is 1.90. The van der Waals surface area contributed by atoms with E-state index in [-0.39, 0.29) is 0 Å². The summed E-state index contributed by atoms with van der Waals surface area (Å²) in [4.78, 5) is 11.8. The molecule has 0 amide bonds. The van der Waals surface area contributed by atoms with Crippen molar-refractivity contribution < 1.29 is 4.39 Å². The molecule has 0 fully saturated rings. The molecule has 0 spiro atoms. The van der Waals surface area contributed by atoms with Crippen LogP contribution in [-0.4, -0.2) is 22.0 Å². The van der Waals surface area contributed by atoms with Crippen LogP contribution in [0.4, 0.5) is 10.2 Å². The van der Waals surface area contributed by atoms with E-state index in [2.05, 4.69) is 20.3 Å². The van der Waals surface area contributed by atoms with Crippen LogP contribution in [0.2, 0.25) is 0 Å². The van der Waals surface area contributed by atoms with E-state index < -0.39 is 5.82 Å². The van der Waals surface area contributed by atoms with Gasteiger partial charge in [-0.3, -0.25) is 9.97 Å². The summed E-state index contributed by atoms with van der Waals surface area (Å²) in [5, 5.41) is 2.84. The predicted molar refractivity (Wildman–Crippen MR) is 54.8 cm³/mol. The summed E-state index contributed by atoms with van der Waals surface area (Å²) in [5.41, 5.74) is 0.886. The molecule has 0 aliphatic rings. The van der Waals surface area contributed by atoms with Gasteiger partial charge in [-0.15, -0.1) is 0 Å². The minimum Gasteiger partial charge on any atom is -0.372 e. The highest BCUT2D eigenvalue weighted by Crippen LogP contribution is 2.19. The molecule has 0 bridgehead atoms. The number of halogens is 1. The first-order valence-electron chi connectivity index (χ1n) is 4.41. The number of hydrogen-bond acceptors (Lipinski definition) is 4. The zero-order chi connectivity index (χ0) is 10.7. The van der Waals surface area contributed by atoms with Crippen LogP contribution in [0.25, 0.3) is 11.3 Å². The molecule has 15 heavy (non-hydrogen) atoms. The number of nitrogens with one attached hydrogen (secondary N) is 1. The van der Waals surface area contributed by atoms with E-state index in [0.29, 0.717) is 17.1 Å². The molecule has 2 rings (SSSR count). The molecule has 1 N–H and O–H groups in total. The Morgan fingerprint density at radius 2 is 2.07 bits per heavy atom. The molecule has 0 saturated heterocycles. The summed E-state index contributed by atoms with van der Waals surface area (Å²) in [6.07, 6.45) is 5.76. The molecule has 2 heterocycles. The van der Waals surface area contributed by atoms with Crippen molar-refractivity contribution in [1.82, 2.24) is 15.0 Å². The number of hydrogen-bond donors (Lipinski definition) is 1. The lowest BCUT2D eigenvalue weighted by atomic mass is 10.2. The van der Waals surface area contributed by atoms with Crippen LogP contribution < -0.4 is 5.32 Å². The fraction of sp³-hybridized carbons (Fsp3) is 0.100. The van der Waals surface area contributed by atoms with Gasteiger partial charge in [-0.05, 0) is 6.07 Å². The molecule has 76 valence electrons. The molecule has 0 radical (unpaired) electrons. The lowest BCUT2D eigenvalue weighted by molar-refractivity contribution is 0.624. The second-order valence-corrected chi connectivity index (χ2v) is 2.90. The van der Waals surface area contributed by atoms with Crippen molar-refractivity contribution in [3.63, 3.8) is 0 Å². The number of anilines is 1. The molecule has 4 nitrogen and oxygen atoms in total. The molecule has 0 aromatic carbocycles. The van der Waals surface area contributed by atoms with E-state index in [9.17, 15) is 4.39 Å². The van der Waals surface area contributed by atoms with Crippen LogP contribution in [0.15, 0.2) is 30.9 Å². The Bertz CT molecular complexity index is 472. The smallest absolute Gasteiger partial charge is 0.150 e. The van der Waals surface area contributed by atoms with Gasteiger partial charge in [0.25, 0.3) is 0 Å². The normalized spacial score (nSPS) is 10.0. The third-order valence-electron chi connectivity index (χ3n) is 1.94. The Hall–Kier alpha value is -2.04. The summed E-state index contributed by atoms with van der Waals surface area (Å²) in [6, 6.07) is 1.57. The second-order valence-electron chi connectivity index (χ2n) is 2.90. The van der Waals surface area contributed by atoms with E-state index >= 15 is 0 Å². The molecule has 0 unspecified atom stereocenters. The average Bonchev–Trinajstić information content (AvgIpc) is 2.30. The standard InChI is InChI=1S/C10H9FN4/c1-12-10-6-14-5-9(15-10)7-2-3-13-4-8(7)11/h2-6H,1H3,(H,12,15). The van der Waals surface area contributed by atoms with Gasteiger partial charge in [0.05, 0.1) is 24.3 Å². The quantitative estimate of drug-likeness (QED) is 0.809. The van der Waals surface area contributed by atoms with Crippen LogP contribution in [-0.2, 0) is 0 Å². The molecule has 0 atom stereocenters. The van der Waals surface area contributed by atoms with Gasteiger partial charge in [0.2, 0.25) is 0 Å². The van der Waals surface area contributed by atoms with E-state index in [1.807, 2.05) is 0 Å². The summed E-state index contributed by atoms with van der Waals surface area (Å²) >= 11 is 0. The van der Waals surface area contributed by atoms with Gasteiger partial charge >= 0.3 is 0 Å². The maximum Gasteiger partial charge on any atom is 0.150 e. The van der Waals surface area contributed by atoms with E-state index in [1.54, 1.807) is 19.3 Å². The van der Waals surface area contributed by atoms with Gasteiger partial charge < -0.3 is 5.32 Å². The molecule has 2 aromatic heterocycles. The highest BCUT2D eigenvalue weighted by molar-refractivity contribution is 5.59. The van der Waals surface area contributed by atoms with Gasteiger partial charge in [0, 0.05) is 18.8 Å². The first-order valence-corrected chi connectivity index (χ1v) is 4.41. The minimum absolute atomic E-state index is 0.398. The highest BCUT2D eigenvalue weighted by atomic mass is 19.1. The fourth-order valence-electron chi connectivity index (χ4n) is 1.20. The largest absolute Gasteiger partial charge is 0.372 e. The fourth-order valence-corrected chi connectivity index (χ4v) is 1.20. The monoisotopic (exact) mass is 204 g/mol. The van der Waals surface area contributed by atoms with Crippen LogP contribution in [0.5, 0.6) is 0 Å². The SMILES string of the molecule is CNc1cncc(-c2ccncc2F)n1. The minimum atomic E-state index is -0.403. The lowest BCUT2D eigenvalue weighted by Crippen LogP contribution is -1.96. The van der Waals surface area contributed by atoms with E-state index in [1.165, 1.54) is 12.4 Å². The van der Waals surface area contributed by atoms with Crippen molar-refractivity contribution in [2.75, 3.05) is 12.4 Å². The average molecular weight is 204 g/mol. The van der Waals surface area contributed by atoms with Crippen LogP contribution in [0.1, 0.15) is 0 Å². The molecular weight excluding hydrogens is 195 g/mol. The van der Waals surface area contributed by atoms with Crippen molar-refractivity contribution in [2.24, 2.45) is 0 Å². The Morgan fingerprint density at radius 1 is 1.20 bits per heavy atom. The third-order valence-corrected chi connectivity index (χ3v) is 1.94. The van der Waals surface area contributed by atoms with Gasteiger partial charge in [-0.2, -0.15) is 0 Å². The molecule has 0 aliphatic heterocycles. The highest BCUT2D eigenvalue weighted by Gasteiger charge is 2.06. The van der Waals surface area contributed by atoms with Gasteiger partial charge in [-0.25, -0.2) is 9.37 Å². The lowest BCUT2D eigenvalue weighted by Gasteiger charge is -2.03. The Balaban J connectivity index is 2.49. The summed E-state index contributed by atoms with van der Waals surface area (Å²) in [6.45, 7) is 0. The zero-order valence-corrected chi connectivity index (χ0v) is 8.11. The Labute approximate surface area is 86.2 Å². The first-order chi connectivity index (χ1) is 7.31. The topological polar surface area (TPSA) is 50.7 Å².